The minimum atomic E-state index is -0.919. The molecule has 1 rings (SSSR count). The van der Waals surface area contributed by atoms with Gasteiger partial charge in [-0.3, -0.25) is 4.21 Å². The molecule has 0 radical (unpaired) electrons. The normalized spacial score (nSPS) is 13.5. The Balaban J connectivity index is 2.80. The van der Waals surface area contributed by atoms with Gasteiger partial charge < -0.3 is 15.8 Å². The molecule has 7 heteroatoms. The lowest BCUT2D eigenvalue weighted by molar-refractivity contribution is 0.0527. The number of benzene rings is 1. The van der Waals surface area contributed by atoms with Crippen molar-refractivity contribution in [1.82, 2.24) is 0 Å². The summed E-state index contributed by atoms with van der Waals surface area (Å²) < 4.78 is 29.9. The van der Waals surface area contributed by atoms with E-state index in [2.05, 4.69) is 5.32 Å². The van der Waals surface area contributed by atoms with Gasteiger partial charge in [-0.25, -0.2) is 9.18 Å². The van der Waals surface area contributed by atoms with Crippen LogP contribution in [0.1, 0.15) is 30.6 Å². The molecule has 0 bridgehead atoms. The van der Waals surface area contributed by atoms with Crippen molar-refractivity contribution >= 4 is 28.1 Å². The Morgan fingerprint density at radius 1 is 1.52 bits per heavy atom. The van der Waals surface area contributed by atoms with Crippen molar-refractivity contribution in [1.29, 1.82) is 0 Å². The number of nitrogens with two attached hydrogens (primary N) is 1. The first kappa shape index (κ1) is 17.4. The van der Waals surface area contributed by atoms with E-state index >= 15 is 0 Å². The van der Waals surface area contributed by atoms with Crippen molar-refractivity contribution in [3.63, 3.8) is 0 Å². The van der Waals surface area contributed by atoms with Crippen LogP contribution in [0.2, 0.25) is 0 Å². The van der Waals surface area contributed by atoms with Crippen LogP contribution in [0.3, 0.4) is 0 Å². The van der Waals surface area contributed by atoms with Crippen LogP contribution in [0.15, 0.2) is 12.1 Å². The number of hydrogen-bond donors (Lipinski definition) is 2. The fraction of sp³-hybridized carbons (Fsp3) is 0.500. The SMILES string of the molecule is CCOC(=O)c1cc(NCCC(C)S(C)=O)c(F)cc1N. The number of carbonyl (C=O) groups excluding carboxylic acids is 1. The minimum absolute atomic E-state index is 0.0128. The summed E-state index contributed by atoms with van der Waals surface area (Å²) in [7, 11) is -0.919. The number of nitrogen functional groups attached to an aromatic ring is 1. The van der Waals surface area contributed by atoms with Crippen molar-refractivity contribution in [2.24, 2.45) is 0 Å². The van der Waals surface area contributed by atoms with E-state index in [0.717, 1.165) is 6.07 Å². The lowest BCUT2D eigenvalue weighted by atomic mass is 10.1. The smallest absolute Gasteiger partial charge is 0.340 e. The van der Waals surface area contributed by atoms with Gasteiger partial charge in [0.05, 0.1) is 17.9 Å². The average molecular weight is 316 g/mol. The summed E-state index contributed by atoms with van der Waals surface area (Å²) in [5.41, 5.74) is 5.98. The third-order valence-electron chi connectivity index (χ3n) is 3.07. The zero-order valence-corrected chi connectivity index (χ0v) is 13.3. The number of carbonyl (C=O) groups is 1. The van der Waals surface area contributed by atoms with E-state index in [1.807, 2.05) is 6.92 Å². The van der Waals surface area contributed by atoms with E-state index in [1.165, 1.54) is 6.07 Å². The van der Waals surface area contributed by atoms with Gasteiger partial charge in [-0.05, 0) is 25.5 Å². The van der Waals surface area contributed by atoms with E-state index in [1.54, 1.807) is 13.2 Å². The molecule has 118 valence electrons. The topological polar surface area (TPSA) is 81.4 Å². The lowest BCUT2D eigenvalue weighted by Gasteiger charge is -2.13. The van der Waals surface area contributed by atoms with Gasteiger partial charge in [-0.15, -0.1) is 0 Å². The largest absolute Gasteiger partial charge is 0.462 e. The Morgan fingerprint density at radius 3 is 2.76 bits per heavy atom. The second kappa shape index (κ2) is 7.97. The molecule has 0 spiro atoms. The molecule has 1 aromatic rings. The van der Waals surface area contributed by atoms with Crippen molar-refractivity contribution in [2.75, 3.05) is 30.5 Å². The van der Waals surface area contributed by atoms with E-state index in [-0.39, 0.29) is 28.8 Å². The van der Waals surface area contributed by atoms with E-state index < -0.39 is 22.6 Å². The van der Waals surface area contributed by atoms with Crippen LogP contribution < -0.4 is 11.1 Å². The summed E-state index contributed by atoms with van der Waals surface area (Å²) in [5.74, 6) is -1.12. The highest BCUT2D eigenvalue weighted by atomic mass is 32.2. The fourth-order valence-corrected chi connectivity index (χ4v) is 2.14. The second-order valence-electron chi connectivity index (χ2n) is 4.66. The monoisotopic (exact) mass is 316 g/mol. The van der Waals surface area contributed by atoms with Gasteiger partial charge in [-0.2, -0.15) is 0 Å². The Labute approximate surface area is 126 Å². The lowest BCUT2D eigenvalue weighted by Crippen LogP contribution is -2.16. The number of halogens is 1. The Bertz CT molecular complexity index is 537. The van der Waals surface area contributed by atoms with E-state index in [0.29, 0.717) is 13.0 Å². The van der Waals surface area contributed by atoms with Gasteiger partial charge >= 0.3 is 5.97 Å². The highest BCUT2D eigenvalue weighted by Crippen LogP contribution is 2.23. The molecule has 0 heterocycles. The molecule has 0 saturated carbocycles. The predicted molar refractivity (Wildman–Crippen MR) is 83.4 cm³/mol. The third kappa shape index (κ3) is 5.00. The highest BCUT2D eigenvalue weighted by molar-refractivity contribution is 7.84. The second-order valence-corrected chi connectivity index (χ2v) is 6.47. The van der Waals surface area contributed by atoms with Crippen LogP contribution in [-0.4, -0.2) is 34.8 Å². The van der Waals surface area contributed by atoms with Crippen LogP contribution in [0.4, 0.5) is 15.8 Å². The Kier molecular flexibility index (Phi) is 6.61. The summed E-state index contributed by atoms with van der Waals surface area (Å²) >= 11 is 0. The molecule has 0 aliphatic carbocycles. The van der Waals surface area contributed by atoms with Crippen LogP contribution in [0.5, 0.6) is 0 Å². The van der Waals surface area contributed by atoms with Crippen molar-refractivity contribution in [3.8, 4) is 0 Å². The molecule has 0 amide bonds. The van der Waals surface area contributed by atoms with Gasteiger partial charge in [0.1, 0.15) is 5.82 Å². The molecule has 2 unspecified atom stereocenters. The summed E-state index contributed by atoms with van der Waals surface area (Å²) in [4.78, 5) is 11.7. The minimum Gasteiger partial charge on any atom is -0.462 e. The first-order chi connectivity index (χ1) is 9.86. The van der Waals surface area contributed by atoms with Crippen LogP contribution in [0.25, 0.3) is 0 Å². The number of rotatable bonds is 7. The van der Waals surface area contributed by atoms with E-state index in [9.17, 15) is 13.4 Å². The summed E-state index contributed by atoms with van der Waals surface area (Å²) in [5, 5.41) is 2.90. The van der Waals surface area contributed by atoms with Crippen molar-refractivity contribution < 1.29 is 18.1 Å². The summed E-state index contributed by atoms with van der Waals surface area (Å²) in [6, 6.07) is 2.44. The predicted octanol–water partition coefficient (Wildman–Crippen LogP) is 2.15. The first-order valence-corrected chi connectivity index (χ1v) is 8.31. The maximum Gasteiger partial charge on any atom is 0.340 e. The molecule has 5 nitrogen and oxygen atoms in total. The number of hydrogen-bond acceptors (Lipinski definition) is 5. The van der Waals surface area contributed by atoms with Crippen LogP contribution in [0, 0.1) is 5.82 Å². The third-order valence-corrected chi connectivity index (χ3v) is 4.44. The molecule has 0 aromatic heterocycles. The average Bonchev–Trinajstić information content (AvgIpc) is 2.40. The molecule has 0 fully saturated rings. The van der Waals surface area contributed by atoms with Gasteiger partial charge in [0.2, 0.25) is 0 Å². The fourth-order valence-electron chi connectivity index (χ4n) is 1.69. The maximum atomic E-state index is 13.8. The Hall–Kier alpha value is -1.63. The van der Waals surface area contributed by atoms with Gasteiger partial charge in [-0.1, -0.05) is 6.92 Å². The molecule has 1 aromatic carbocycles. The summed E-state index contributed by atoms with van der Waals surface area (Å²) in [6.07, 6.45) is 2.26. The van der Waals surface area contributed by atoms with Crippen LogP contribution >= 0.6 is 0 Å². The number of esters is 1. The molecule has 2 atom stereocenters. The van der Waals surface area contributed by atoms with Gasteiger partial charge in [0.15, 0.2) is 0 Å². The van der Waals surface area contributed by atoms with Crippen LogP contribution in [-0.2, 0) is 15.5 Å². The molecule has 0 saturated heterocycles. The zero-order valence-electron chi connectivity index (χ0n) is 12.4. The quantitative estimate of drug-likeness (QED) is 0.595. The van der Waals surface area contributed by atoms with Crippen molar-refractivity contribution in [3.05, 3.63) is 23.5 Å². The van der Waals surface area contributed by atoms with Crippen molar-refractivity contribution in [2.45, 2.75) is 25.5 Å². The molecule has 0 aliphatic rings. The molecular formula is C14H21FN2O3S. The summed E-state index contributed by atoms with van der Waals surface area (Å²) in [6.45, 7) is 4.21. The number of anilines is 2. The van der Waals surface area contributed by atoms with Gasteiger partial charge in [0.25, 0.3) is 0 Å². The molecule has 21 heavy (non-hydrogen) atoms. The Morgan fingerprint density at radius 2 is 2.19 bits per heavy atom. The number of nitrogens with one attached hydrogen (secondary N) is 1. The molecule has 3 N–H and O–H groups in total. The number of ether oxygens (including phenoxy) is 1. The van der Waals surface area contributed by atoms with E-state index in [4.69, 9.17) is 10.5 Å². The molecule has 0 aliphatic heterocycles. The highest BCUT2D eigenvalue weighted by Gasteiger charge is 2.15. The zero-order chi connectivity index (χ0) is 16.0. The standard InChI is InChI=1S/C14H21FN2O3S/c1-4-20-14(18)10-7-13(11(15)8-12(10)16)17-6-5-9(2)21(3)19/h7-9,17H,4-6,16H2,1-3H3. The van der Waals surface area contributed by atoms with Gasteiger partial charge in [0, 0.05) is 34.5 Å². The maximum absolute atomic E-state index is 13.8. The molecular weight excluding hydrogens is 295 g/mol. The first-order valence-electron chi connectivity index (χ1n) is 6.69.